The van der Waals surface area contributed by atoms with Gasteiger partial charge in [0.1, 0.15) is 5.82 Å². The van der Waals surface area contributed by atoms with Crippen LogP contribution in [0, 0.1) is 5.82 Å². The molecule has 6 nitrogen and oxygen atoms in total. The van der Waals surface area contributed by atoms with Crippen LogP contribution < -0.4 is 10.5 Å². The van der Waals surface area contributed by atoms with Crippen LogP contribution in [0.4, 0.5) is 10.1 Å². The smallest absolute Gasteiger partial charge is 0.291 e. The largest absolute Gasteiger partial charge is 0.440 e. The van der Waals surface area contributed by atoms with Gasteiger partial charge in [-0.3, -0.25) is 4.79 Å². The summed E-state index contributed by atoms with van der Waals surface area (Å²) in [5.74, 6) is -1.77. The molecule has 1 amide bonds. The Bertz CT molecular complexity index is 772. The van der Waals surface area contributed by atoms with Gasteiger partial charge >= 0.3 is 0 Å². The maximum Gasteiger partial charge on any atom is 0.291 e. The minimum atomic E-state index is -4.01. The zero-order chi connectivity index (χ0) is 14.9. The molecule has 9 heteroatoms. The number of furan rings is 1. The van der Waals surface area contributed by atoms with Gasteiger partial charge in [0.2, 0.25) is 10.0 Å². The molecular formula is C11H8ClFN2O4S. The van der Waals surface area contributed by atoms with Crippen molar-refractivity contribution in [1.29, 1.82) is 0 Å². The zero-order valence-electron chi connectivity index (χ0n) is 9.76. The number of sulfonamides is 1. The second-order valence-electron chi connectivity index (χ2n) is 3.74. The van der Waals surface area contributed by atoms with Crippen LogP contribution >= 0.6 is 11.6 Å². The third-order valence-corrected chi connectivity index (χ3v) is 3.43. The van der Waals surface area contributed by atoms with Gasteiger partial charge in [0, 0.05) is 0 Å². The van der Waals surface area contributed by atoms with Gasteiger partial charge in [0.25, 0.3) is 5.91 Å². The molecule has 0 saturated heterocycles. The van der Waals surface area contributed by atoms with Crippen LogP contribution in [-0.4, -0.2) is 14.3 Å². The lowest BCUT2D eigenvalue weighted by Crippen LogP contribution is -2.15. The van der Waals surface area contributed by atoms with Crippen LogP contribution in [0.5, 0.6) is 0 Å². The predicted octanol–water partition coefficient (Wildman–Crippen LogP) is 1.97. The maximum absolute atomic E-state index is 13.7. The van der Waals surface area contributed by atoms with E-state index in [4.69, 9.17) is 21.2 Å². The second kappa shape index (κ2) is 5.23. The van der Waals surface area contributed by atoms with Gasteiger partial charge in [-0.05, 0) is 41.9 Å². The number of amides is 1. The van der Waals surface area contributed by atoms with Gasteiger partial charge in [-0.1, -0.05) is 0 Å². The number of hydrogen-bond acceptors (Lipinski definition) is 4. The molecule has 0 unspecified atom stereocenters. The fourth-order valence-corrected chi connectivity index (χ4v) is 2.07. The van der Waals surface area contributed by atoms with Crippen LogP contribution in [0.1, 0.15) is 10.6 Å². The highest BCUT2D eigenvalue weighted by Gasteiger charge is 2.15. The van der Waals surface area contributed by atoms with Crippen molar-refractivity contribution < 1.29 is 22.0 Å². The minimum Gasteiger partial charge on any atom is -0.440 e. The summed E-state index contributed by atoms with van der Waals surface area (Å²) in [6.45, 7) is 0. The van der Waals surface area contributed by atoms with E-state index >= 15 is 0 Å². The molecular weight excluding hydrogens is 311 g/mol. The molecule has 20 heavy (non-hydrogen) atoms. The zero-order valence-corrected chi connectivity index (χ0v) is 11.3. The van der Waals surface area contributed by atoms with Crippen molar-refractivity contribution in [2.45, 2.75) is 4.90 Å². The van der Waals surface area contributed by atoms with Crippen molar-refractivity contribution in [3.8, 4) is 0 Å². The van der Waals surface area contributed by atoms with Crippen LogP contribution in [0.25, 0.3) is 0 Å². The fraction of sp³-hybridized carbons (Fsp3) is 0. The van der Waals surface area contributed by atoms with Crippen LogP contribution in [-0.2, 0) is 10.0 Å². The van der Waals surface area contributed by atoms with E-state index in [-0.39, 0.29) is 16.7 Å². The molecule has 0 atom stereocenters. The molecule has 0 radical (unpaired) electrons. The summed E-state index contributed by atoms with van der Waals surface area (Å²) in [6, 6.07) is 5.53. The quantitative estimate of drug-likeness (QED) is 0.903. The molecule has 0 saturated carbocycles. The average Bonchev–Trinajstić information content (AvgIpc) is 2.77. The highest BCUT2D eigenvalue weighted by Crippen LogP contribution is 2.20. The molecule has 2 aromatic rings. The molecule has 0 aliphatic heterocycles. The minimum absolute atomic E-state index is 0.0141. The number of nitrogens with one attached hydrogen (secondary N) is 1. The van der Waals surface area contributed by atoms with Gasteiger partial charge in [-0.15, -0.1) is 0 Å². The van der Waals surface area contributed by atoms with Crippen molar-refractivity contribution in [1.82, 2.24) is 0 Å². The molecule has 3 N–H and O–H groups in total. The normalized spacial score (nSPS) is 11.3. The summed E-state index contributed by atoms with van der Waals surface area (Å²) < 4.78 is 40.6. The summed E-state index contributed by atoms with van der Waals surface area (Å²) in [5.41, 5.74) is -0.213. The monoisotopic (exact) mass is 318 g/mol. The molecule has 0 fully saturated rings. The Morgan fingerprint density at radius 1 is 1.30 bits per heavy atom. The van der Waals surface area contributed by atoms with Crippen LogP contribution in [0.3, 0.4) is 0 Å². The summed E-state index contributed by atoms with van der Waals surface area (Å²) >= 11 is 5.51. The molecule has 1 aromatic heterocycles. The number of halogens is 2. The molecule has 106 valence electrons. The number of primary sulfonamides is 1. The number of rotatable bonds is 3. The Morgan fingerprint density at radius 2 is 2.00 bits per heavy atom. The molecule has 1 heterocycles. The number of carbonyl (C=O) groups excluding carboxylic acids is 1. The number of anilines is 1. The molecule has 2 rings (SSSR count). The SMILES string of the molecule is NS(=O)(=O)c1ccc(NC(=O)c2ccc(Cl)o2)c(F)c1. The highest BCUT2D eigenvalue weighted by molar-refractivity contribution is 7.89. The molecule has 0 aliphatic carbocycles. The van der Waals surface area contributed by atoms with Crippen molar-refractivity contribution in [2.75, 3.05) is 5.32 Å². The Labute approximate surface area is 118 Å². The van der Waals surface area contributed by atoms with Crippen molar-refractivity contribution in [3.63, 3.8) is 0 Å². The van der Waals surface area contributed by atoms with E-state index < -0.39 is 26.6 Å². The van der Waals surface area contributed by atoms with Gasteiger partial charge in [0.05, 0.1) is 10.6 Å². The lowest BCUT2D eigenvalue weighted by molar-refractivity contribution is 0.0996. The third kappa shape index (κ3) is 3.16. The van der Waals surface area contributed by atoms with Gasteiger partial charge in [0.15, 0.2) is 11.0 Å². The molecule has 0 aliphatic rings. The highest BCUT2D eigenvalue weighted by atomic mass is 35.5. The first-order valence-corrected chi connectivity index (χ1v) is 7.09. The second-order valence-corrected chi connectivity index (χ2v) is 5.68. The van der Waals surface area contributed by atoms with Crippen molar-refractivity contribution in [2.24, 2.45) is 5.14 Å². The van der Waals surface area contributed by atoms with Crippen LogP contribution in [0.15, 0.2) is 39.6 Å². The van der Waals surface area contributed by atoms with E-state index in [0.717, 1.165) is 12.1 Å². The Kier molecular flexibility index (Phi) is 3.80. The summed E-state index contributed by atoms with van der Waals surface area (Å²) in [4.78, 5) is 11.3. The number of hydrogen-bond donors (Lipinski definition) is 2. The molecule has 0 bridgehead atoms. The lowest BCUT2D eigenvalue weighted by Gasteiger charge is -2.06. The summed E-state index contributed by atoms with van der Waals surface area (Å²) in [7, 11) is -4.01. The Hall–Kier alpha value is -1.90. The van der Waals surface area contributed by atoms with Crippen LogP contribution in [0.2, 0.25) is 5.22 Å². The van der Waals surface area contributed by atoms with Gasteiger partial charge in [-0.2, -0.15) is 0 Å². The van der Waals surface area contributed by atoms with E-state index in [1.165, 1.54) is 12.1 Å². The fourth-order valence-electron chi connectivity index (χ4n) is 1.39. The van der Waals surface area contributed by atoms with E-state index in [9.17, 15) is 17.6 Å². The van der Waals surface area contributed by atoms with Gasteiger partial charge < -0.3 is 9.73 Å². The Balaban J connectivity index is 2.25. The third-order valence-electron chi connectivity index (χ3n) is 2.31. The van der Waals surface area contributed by atoms with Crippen molar-refractivity contribution in [3.05, 3.63) is 47.1 Å². The lowest BCUT2D eigenvalue weighted by atomic mass is 10.3. The number of benzene rings is 1. The van der Waals surface area contributed by atoms with E-state index in [0.29, 0.717) is 6.07 Å². The number of carbonyl (C=O) groups is 1. The predicted molar refractivity (Wildman–Crippen MR) is 69.4 cm³/mol. The summed E-state index contributed by atoms with van der Waals surface area (Å²) in [5, 5.41) is 7.09. The van der Waals surface area contributed by atoms with E-state index in [1.807, 2.05) is 0 Å². The first-order valence-electron chi connectivity index (χ1n) is 5.16. The number of nitrogens with two attached hydrogens (primary N) is 1. The average molecular weight is 319 g/mol. The van der Waals surface area contributed by atoms with E-state index in [1.54, 1.807) is 0 Å². The summed E-state index contributed by atoms with van der Waals surface area (Å²) in [6.07, 6.45) is 0. The molecule has 0 spiro atoms. The van der Waals surface area contributed by atoms with Crippen molar-refractivity contribution >= 4 is 33.2 Å². The van der Waals surface area contributed by atoms with Gasteiger partial charge in [-0.25, -0.2) is 17.9 Å². The topological polar surface area (TPSA) is 102 Å². The maximum atomic E-state index is 13.7. The first kappa shape index (κ1) is 14.5. The first-order chi connectivity index (χ1) is 9.27. The Morgan fingerprint density at radius 3 is 2.50 bits per heavy atom. The standard InChI is InChI=1S/C11H8ClFN2O4S/c12-10-4-3-9(19-10)11(16)15-8-2-1-6(5-7(8)13)20(14,17)18/h1-5H,(H,15,16)(H2,14,17,18). The van der Waals surface area contributed by atoms with E-state index in [2.05, 4.69) is 5.32 Å². The molecule has 1 aromatic carbocycles.